The van der Waals surface area contributed by atoms with Crippen LogP contribution in [-0.2, 0) is 4.74 Å². The van der Waals surface area contributed by atoms with Gasteiger partial charge in [-0.25, -0.2) is 0 Å². The van der Waals surface area contributed by atoms with Crippen LogP contribution in [0.2, 0.25) is 0 Å². The van der Waals surface area contributed by atoms with Gasteiger partial charge in [0, 0.05) is 0 Å². The summed E-state index contributed by atoms with van der Waals surface area (Å²) < 4.78 is 5.39. The van der Waals surface area contributed by atoms with Gasteiger partial charge in [-0.2, -0.15) is 0 Å². The van der Waals surface area contributed by atoms with Gasteiger partial charge in [-0.3, -0.25) is 4.99 Å². The molecule has 0 aliphatic rings. The van der Waals surface area contributed by atoms with Crippen molar-refractivity contribution in [2.45, 2.75) is 20.8 Å². The number of aliphatic imine (C=N–C) groups is 1. The minimum atomic E-state index is 0.617. The molecule has 2 heteroatoms. The van der Waals surface area contributed by atoms with Crippen molar-refractivity contribution >= 4 is 6.72 Å². The van der Waals surface area contributed by atoms with Crippen LogP contribution in [0, 0.1) is 0 Å². The zero-order chi connectivity index (χ0) is 10.3. The molecule has 0 amide bonds. The second-order valence-electron chi connectivity index (χ2n) is 2.62. The zero-order valence-corrected chi connectivity index (χ0v) is 8.63. The quantitative estimate of drug-likeness (QED) is 0.361. The molecule has 0 spiro atoms. The number of hydrogen-bond donors (Lipinski definition) is 0. The summed E-state index contributed by atoms with van der Waals surface area (Å²) in [4.78, 5) is 3.86. The van der Waals surface area contributed by atoms with Crippen LogP contribution in [0.4, 0.5) is 0 Å². The number of allylic oxidation sites excluding steroid dienone is 3. The highest BCUT2D eigenvalue weighted by molar-refractivity contribution is 5.38. The van der Waals surface area contributed by atoms with Crippen LogP contribution < -0.4 is 0 Å². The Balaban J connectivity index is 4.78. The van der Waals surface area contributed by atoms with Gasteiger partial charge in [0.25, 0.3) is 0 Å². The zero-order valence-electron chi connectivity index (χ0n) is 8.63. The van der Waals surface area contributed by atoms with E-state index in [2.05, 4.69) is 18.3 Å². The maximum atomic E-state index is 5.39. The summed E-state index contributed by atoms with van der Waals surface area (Å²) in [7, 11) is 0. The molecule has 0 unspecified atom stereocenters. The first-order valence-electron chi connectivity index (χ1n) is 4.29. The summed E-state index contributed by atoms with van der Waals surface area (Å²) >= 11 is 0. The third kappa shape index (κ3) is 4.31. The van der Waals surface area contributed by atoms with E-state index in [0.29, 0.717) is 6.61 Å². The summed E-state index contributed by atoms with van der Waals surface area (Å²) in [6.45, 7) is 13.6. The van der Waals surface area contributed by atoms with Crippen LogP contribution in [0.25, 0.3) is 0 Å². The van der Waals surface area contributed by atoms with Gasteiger partial charge >= 0.3 is 0 Å². The number of hydrogen-bond acceptors (Lipinski definition) is 2. The predicted molar refractivity (Wildman–Crippen MR) is 57.8 cm³/mol. The maximum absolute atomic E-state index is 5.39. The summed E-state index contributed by atoms with van der Waals surface area (Å²) in [5, 5.41) is 0. The minimum Gasteiger partial charge on any atom is -0.492 e. The first-order chi connectivity index (χ1) is 6.15. The Morgan fingerprint density at radius 3 is 2.46 bits per heavy atom. The van der Waals surface area contributed by atoms with Crippen molar-refractivity contribution in [1.29, 1.82) is 0 Å². The Kier molecular flexibility index (Phi) is 5.60. The Labute approximate surface area is 80.3 Å². The fourth-order valence-corrected chi connectivity index (χ4v) is 0.880. The van der Waals surface area contributed by atoms with Gasteiger partial charge in [-0.1, -0.05) is 18.2 Å². The van der Waals surface area contributed by atoms with Gasteiger partial charge in [0.2, 0.25) is 0 Å². The van der Waals surface area contributed by atoms with Crippen molar-refractivity contribution in [2.75, 3.05) is 6.61 Å². The second kappa shape index (κ2) is 6.23. The monoisotopic (exact) mass is 179 g/mol. The lowest BCUT2D eigenvalue weighted by Gasteiger charge is -2.08. The van der Waals surface area contributed by atoms with Crippen LogP contribution in [0.3, 0.4) is 0 Å². The summed E-state index contributed by atoms with van der Waals surface area (Å²) in [6, 6.07) is 0. The molecule has 0 aromatic rings. The maximum Gasteiger partial charge on any atom is 0.144 e. The van der Waals surface area contributed by atoms with E-state index < -0.39 is 0 Å². The molecule has 0 aromatic heterocycles. The molecule has 0 saturated carbocycles. The third-order valence-electron chi connectivity index (χ3n) is 1.37. The number of nitrogens with zero attached hydrogens (tertiary/aromatic N) is 1. The van der Waals surface area contributed by atoms with Gasteiger partial charge in [0.1, 0.15) is 5.76 Å². The van der Waals surface area contributed by atoms with E-state index in [1.54, 1.807) is 0 Å². The first kappa shape index (κ1) is 11.7. The molecule has 0 fully saturated rings. The topological polar surface area (TPSA) is 21.6 Å². The standard InChI is InChI=1S/C11H17NO/c1-6-10(12-5)11(13-7-2)8-9(3)4/h6,8H,3,5,7H2,1-2,4H3/b10-6+,11-8+. The normalized spacial score (nSPS) is 12.5. The summed E-state index contributed by atoms with van der Waals surface area (Å²) in [5.41, 5.74) is 1.69. The fraction of sp³-hybridized carbons (Fsp3) is 0.364. The Hall–Kier alpha value is -1.31. The van der Waals surface area contributed by atoms with Crippen LogP contribution >= 0.6 is 0 Å². The highest BCUT2D eigenvalue weighted by Gasteiger charge is 2.01. The third-order valence-corrected chi connectivity index (χ3v) is 1.37. The lowest BCUT2D eigenvalue weighted by Crippen LogP contribution is -1.94. The summed E-state index contributed by atoms with van der Waals surface area (Å²) in [5.74, 6) is 0.729. The van der Waals surface area contributed by atoms with E-state index in [0.717, 1.165) is 17.0 Å². The lowest BCUT2D eigenvalue weighted by molar-refractivity contribution is 0.237. The Bertz CT molecular complexity index is 249. The summed E-state index contributed by atoms with van der Waals surface area (Å²) in [6.07, 6.45) is 3.71. The van der Waals surface area contributed by atoms with E-state index in [1.165, 1.54) is 0 Å². The Morgan fingerprint density at radius 1 is 1.54 bits per heavy atom. The predicted octanol–water partition coefficient (Wildman–Crippen LogP) is 3.09. The van der Waals surface area contributed by atoms with E-state index in [4.69, 9.17) is 4.74 Å². The molecular weight excluding hydrogens is 162 g/mol. The van der Waals surface area contributed by atoms with Gasteiger partial charge in [0.15, 0.2) is 0 Å². The average Bonchev–Trinajstić information content (AvgIpc) is 2.05. The highest BCUT2D eigenvalue weighted by Crippen LogP contribution is 2.14. The van der Waals surface area contributed by atoms with Crippen LogP contribution in [-0.4, -0.2) is 13.3 Å². The molecule has 0 aliphatic carbocycles. The molecule has 0 N–H and O–H groups in total. The molecule has 0 aromatic carbocycles. The van der Waals surface area contributed by atoms with Crippen LogP contribution in [0.5, 0.6) is 0 Å². The van der Waals surface area contributed by atoms with E-state index in [9.17, 15) is 0 Å². The van der Waals surface area contributed by atoms with Crippen molar-refractivity contribution in [2.24, 2.45) is 4.99 Å². The van der Waals surface area contributed by atoms with Crippen LogP contribution in [0.15, 0.2) is 40.8 Å². The molecule has 0 saturated heterocycles. The van der Waals surface area contributed by atoms with Gasteiger partial charge < -0.3 is 4.74 Å². The number of ether oxygens (including phenoxy) is 1. The van der Waals surface area contributed by atoms with Crippen molar-refractivity contribution in [1.82, 2.24) is 0 Å². The highest BCUT2D eigenvalue weighted by atomic mass is 16.5. The molecule has 0 aliphatic heterocycles. The smallest absolute Gasteiger partial charge is 0.144 e. The van der Waals surface area contributed by atoms with Crippen molar-refractivity contribution in [3.05, 3.63) is 35.8 Å². The molecular formula is C11H17NO. The molecule has 13 heavy (non-hydrogen) atoms. The van der Waals surface area contributed by atoms with Gasteiger partial charge in [0.05, 0.1) is 12.3 Å². The van der Waals surface area contributed by atoms with Crippen molar-refractivity contribution in [3.63, 3.8) is 0 Å². The SMILES string of the molecule is C=NC(=C/C)/C(=C\C(=C)C)OCC. The van der Waals surface area contributed by atoms with E-state index in [1.807, 2.05) is 32.9 Å². The fourth-order valence-electron chi connectivity index (χ4n) is 0.880. The molecule has 0 heterocycles. The number of rotatable bonds is 5. The van der Waals surface area contributed by atoms with Crippen molar-refractivity contribution in [3.8, 4) is 0 Å². The van der Waals surface area contributed by atoms with E-state index in [-0.39, 0.29) is 0 Å². The van der Waals surface area contributed by atoms with E-state index >= 15 is 0 Å². The Morgan fingerprint density at radius 2 is 2.15 bits per heavy atom. The lowest BCUT2D eigenvalue weighted by atomic mass is 10.2. The average molecular weight is 179 g/mol. The molecule has 2 nitrogen and oxygen atoms in total. The largest absolute Gasteiger partial charge is 0.492 e. The van der Waals surface area contributed by atoms with Gasteiger partial charge in [-0.15, -0.1) is 0 Å². The minimum absolute atomic E-state index is 0.617. The van der Waals surface area contributed by atoms with Gasteiger partial charge in [-0.05, 0) is 33.6 Å². The molecule has 0 bridgehead atoms. The molecule has 0 atom stereocenters. The molecule has 72 valence electrons. The molecule has 0 radical (unpaired) electrons. The second-order valence-corrected chi connectivity index (χ2v) is 2.62. The molecule has 0 rings (SSSR count). The first-order valence-corrected chi connectivity index (χ1v) is 4.29. The van der Waals surface area contributed by atoms with Crippen LogP contribution in [0.1, 0.15) is 20.8 Å². The van der Waals surface area contributed by atoms with Crippen molar-refractivity contribution < 1.29 is 4.74 Å².